The molecule has 0 saturated carbocycles. The predicted molar refractivity (Wildman–Crippen MR) is 114 cm³/mol. The quantitative estimate of drug-likeness (QED) is 0.515. The molecule has 0 saturated heterocycles. The number of hydrogen-bond acceptors (Lipinski definition) is 2. The van der Waals surface area contributed by atoms with Gasteiger partial charge in [0, 0.05) is 26.2 Å². The van der Waals surface area contributed by atoms with E-state index in [-0.39, 0.29) is 0 Å². The Bertz CT molecular complexity index is 1140. The van der Waals surface area contributed by atoms with Gasteiger partial charge in [-0.1, -0.05) is 60.7 Å². The number of aryl methyl sites for hydroxylation is 1. The number of benzene rings is 2. The smallest absolute Gasteiger partial charge is 0.0555 e. The maximum absolute atomic E-state index is 3.72. The van der Waals surface area contributed by atoms with Gasteiger partial charge in [-0.25, -0.2) is 0 Å². The van der Waals surface area contributed by atoms with E-state index in [1.54, 1.807) is 0 Å². The minimum absolute atomic E-state index is 0.445. The molecule has 1 atom stereocenters. The van der Waals surface area contributed by atoms with Crippen LogP contribution in [0.3, 0.4) is 0 Å². The summed E-state index contributed by atoms with van der Waals surface area (Å²) >= 11 is 1.98. The maximum Gasteiger partial charge on any atom is 0.0555 e. The van der Waals surface area contributed by atoms with Gasteiger partial charge in [0.05, 0.1) is 6.04 Å². The Morgan fingerprint density at radius 1 is 1.04 bits per heavy atom. The lowest BCUT2D eigenvalue weighted by Crippen LogP contribution is -2.14. The summed E-state index contributed by atoms with van der Waals surface area (Å²) in [5, 5.41) is 5.13. The van der Waals surface area contributed by atoms with Crippen molar-refractivity contribution in [3.05, 3.63) is 76.7 Å². The van der Waals surface area contributed by atoms with E-state index in [0.29, 0.717) is 6.04 Å². The topological polar surface area (TPSA) is 12.0 Å². The Hall–Kier alpha value is -2.58. The van der Waals surface area contributed by atoms with Crippen LogP contribution in [0.5, 0.6) is 0 Å². The molecule has 6 rings (SSSR count). The van der Waals surface area contributed by atoms with Gasteiger partial charge in [0.15, 0.2) is 0 Å². The minimum Gasteiger partial charge on any atom is -0.377 e. The van der Waals surface area contributed by atoms with Crippen LogP contribution < -0.4 is 5.32 Å². The molecule has 2 heteroatoms. The van der Waals surface area contributed by atoms with Gasteiger partial charge < -0.3 is 5.32 Å². The first kappa shape index (κ1) is 14.6. The van der Waals surface area contributed by atoms with E-state index in [2.05, 4.69) is 72.1 Å². The Balaban J connectivity index is 1.52. The van der Waals surface area contributed by atoms with Crippen LogP contribution in [0, 0.1) is 0 Å². The molecule has 2 aliphatic carbocycles. The average Bonchev–Trinajstić information content (AvgIpc) is 3.25. The molecule has 1 aliphatic heterocycles. The number of fused-ring (bicyclic) bond motifs is 6. The molecular formula is C24H19NS. The van der Waals surface area contributed by atoms with Crippen LogP contribution in [0.4, 0.5) is 5.69 Å². The van der Waals surface area contributed by atoms with Crippen molar-refractivity contribution < 1.29 is 0 Å². The Labute approximate surface area is 157 Å². The molecule has 1 unspecified atom stereocenters. The zero-order chi connectivity index (χ0) is 17.1. The highest BCUT2D eigenvalue weighted by Crippen LogP contribution is 2.44. The molecule has 126 valence electrons. The minimum atomic E-state index is 0.445. The average molecular weight is 353 g/mol. The van der Waals surface area contributed by atoms with E-state index in [4.69, 9.17) is 0 Å². The lowest BCUT2D eigenvalue weighted by molar-refractivity contribution is 0.928. The second-order valence-corrected chi connectivity index (χ2v) is 8.41. The van der Waals surface area contributed by atoms with E-state index in [0.717, 1.165) is 6.42 Å². The van der Waals surface area contributed by atoms with Crippen molar-refractivity contribution in [2.45, 2.75) is 25.3 Å². The summed E-state index contributed by atoms with van der Waals surface area (Å²) in [6, 6.07) is 14.2. The first-order valence-corrected chi connectivity index (χ1v) is 10.2. The fourth-order valence-corrected chi connectivity index (χ4v) is 5.85. The summed E-state index contributed by atoms with van der Waals surface area (Å²) in [5.74, 6) is 0. The molecule has 1 N–H and O–H groups in total. The third kappa shape index (κ3) is 2.02. The first-order valence-electron chi connectivity index (χ1n) is 9.37. The number of hydrogen-bond donors (Lipinski definition) is 1. The summed E-state index contributed by atoms with van der Waals surface area (Å²) in [7, 11) is 0. The van der Waals surface area contributed by atoms with E-state index in [1.807, 2.05) is 11.3 Å². The van der Waals surface area contributed by atoms with Gasteiger partial charge in [0.25, 0.3) is 0 Å². The maximum atomic E-state index is 3.72. The molecule has 0 spiro atoms. The summed E-state index contributed by atoms with van der Waals surface area (Å²) in [6.07, 6.45) is 14.7. The van der Waals surface area contributed by atoms with Crippen LogP contribution in [-0.4, -0.2) is 6.04 Å². The standard InChI is InChI=1S/C24H19NS/c1-3-10-21-17(6-1)18-13-12-15(14-22(18)25-21)16-8-5-9-20-19-7-2-4-11-23(19)26-24(16)20/h1-3,5-9,12-14,21,25H,4,10-11H2. The molecule has 26 heavy (non-hydrogen) atoms. The predicted octanol–water partition coefficient (Wildman–Crippen LogP) is 6.67. The molecule has 2 heterocycles. The van der Waals surface area contributed by atoms with Crippen molar-refractivity contribution in [1.82, 2.24) is 0 Å². The Morgan fingerprint density at radius 2 is 2.04 bits per heavy atom. The highest BCUT2D eigenvalue weighted by molar-refractivity contribution is 7.20. The fourth-order valence-electron chi connectivity index (χ4n) is 4.51. The molecule has 0 fully saturated rings. The van der Waals surface area contributed by atoms with Crippen LogP contribution >= 0.6 is 11.3 Å². The number of nitrogens with one attached hydrogen (secondary N) is 1. The van der Waals surface area contributed by atoms with Gasteiger partial charge >= 0.3 is 0 Å². The molecule has 0 bridgehead atoms. The Kier molecular flexibility index (Phi) is 3.06. The second-order valence-electron chi connectivity index (χ2n) is 7.31. The molecular weight excluding hydrogens is 334 g/mol. The van der Waals surface area contributed by atoms with Gasteiger partial charge in [0.2, 0.25) is 0 Å². The van der Waals surface area contributed by atoms with Crippen molar-refractivity contribution in [2.24, 2.45) is 0 Å². The summed E-state index contributed by atoms with van der Waals surface area (Å²) < 4.78 is 1.43. The van der Waals surface area contributed by atoms with Gasteiger partial charge in [-0.3, -0.25) is 0 Å². The lowest BCUT2D eigenvalue weighted by atomic mass is 9.94. The SMILES string of the molecule is C1=CCC2Nc3cc(-c4cccc5c6c(sc45)CCC=C6)ccc3C2=C1. The normalized spacial score (nSPS) is 19.7. The van der Waals surface area contributed by atoms with E-state index >= 15 is 0 Å². The van der Waals surface area contributed by atoms with Crippen molar-refractivity contribution in [3.8, 4) is 11.1 Å². The van der Waals surface area contributed by atoms with Crippen molar-refractivity contribution in [2.75, 3.05) is 5.32 Å². The molecule has 0 radical (unpaired) electrons. The van der Waals surface area contributed by atoms with Crippen LogP contribution in [-0.2, 0) is 6.42 Å². The van der Waals surface area contributed by atoms with Crippen LogP contribution in [0.25, 0.3) is 32.9 Å². The Morgan fingerprint density at radius 3 is 3.04 bits per heavy atom. The van der Waals surface area contributed by atoms with E-state index < -0.39 is 0 Å². The van der Waals surface area contributed by atoms with Crippen LogP contribution in [0.15, 0.2) is 60.7 Å². The van der Waals surface area contributed by atoms with Crippen LogP contribution in [0.2, 0.25) is 0 Å². The molecule has 3 aromatic rings. The molecule has 2 aromatic carbocycles. The molecule has 3 aliphatic rings. The monoisotopic (exact) mass is 353 g/mol. The summed E-state index contributed by atoms with van der Waals surface area (Å²) in [5.41, 5.74) is 8.20. The van der Waals surface area contributed by atoms with Gasteiger partial charge in [-0.15, -0.1) is 11.3 Å². The van der Waals surface area contributed by atoms with E-state index in [1.165, 1.54) is 61.3 Å². The summed E-state index contributed by atoms with van der Waals surface area (Å²) in [6.45, 7) is 0. The summed E-state index contributed by atoms with van der Waals surface area (Å²) in [4.78, 5) is 1.54. The second kappa shape index (κ2) is 5.46. The third-order valence-electron chi connectivity index (χ3n) is 5.78. The van der Waals surface area contributed by atoms with E-state index in [9.17, 15) is 0 Å². The van der Waals surface area contributed by atoms with Gasteiger partial charge in [-0.05, 0) is 47.6 Å². The highest BCUT2D eigenvalue weighted by atomic mass is 32.1. The van der Waals surface area contributed by atoms with Crippen molar-refractivity contribution >= 4 is 38.8 Å². The highest BCUT2D eigenvalue weighted by Gasteiger charge is 2.26. The number of anilines is 1. The largest absolute Gasteiger partial charge is 0.377 e. The van der Waals surface area contributed by atoms with Gasteiger partial charge in [-0.2, -0.15) is 0 Å². The molecule has 1 aromatic heterocycles. The number of thiophene rings is 1. The zero-order valence-corrected chi connectivity index (χ0v) is 15.3. The first-order chi connectivity index (χ1) is 12.9. The number of allylic oxidation sites excluding steroid dienone is 3. The number of rotatable bonds is 1. The van der Waals surface area contributed by atoms with Crippen LogP contribution in [0.1, 0.15) is 28.8 Å². The molecule has 1 nitrogen and oxygen atoms in total. The van der Waals surface area contributed by atoms with Crippen molar-refractivity contribution in [1.29, 1.82) is 0 Å². The third-order valence-corrected chi connectivity index (χ3v) is 7.10. The van der Waals surface area contributed by atoms with Crippen molar-refractivity contribution in [3.63, 3.8) is 0 Å². The van der Waals surface area contributed by atoms with Gasteiger partial charge in [0.1, 0.15) is 0 Å². The fraction of sp³-hybridized carbons (Fsp3) is 0.167. The lowest BCUT2D eigenvalue weighted by Gasteiger charge is -2.13. The zero-order valence-electron chi connectivity index (χ0n) is 14.5. The molecule has 0 amide bonds.